The van der Waals surface area contributed by atoms with Gasteiger partial charge in [0.1, 0.15) is 0 Å². The van der Waals surface area contributed by atoms with E-state index in [9.17, 15) is 0 Å². The van der Waals surface area contributed by atoms with Crippen molar-refractivity contribution in [2.24, 2.45) is 11.3 Å². The second-order valence-corrected chi connectivity index (χ2v) is 4.93. The van der Waals surface area contributed by atoms with Crippen molar-refractivity contribution < 1.29 is 0 Å². The van der Waals surface area contributed by atoms with Crippen molar-refractivity contribution in [3.63, 3.8) is 0 Å². The van der Waals surface area contributed by atoms with Crippen LogP contribution < -0.4 is 0 Å². The van der Waals surface area contributed by atoms with E-state index in [4.69, 9.17) is 5.26 Å². The van der Waals surface area contributed by atoms with Gasteiger partial charge in [-0.15, -0.1) is 0 Å². The van der Waals surface area contributed by atoms with E-state index in [-0.39, 0.29) is 0 Å². The minimum Gasteiger partial charge on any atom is -0.306 e. The van der Waals surface area contributed by atoms with E-state index in [2.05, 4.69) is 31.9 Å². The van der Waals surface area contributed by atoms with Crippen LogP contribution in [0.2, 0.25) is 0 Å². The summed E-state index contributed by atoms with van der Waals surface area (Å²) < 4.78 is 0. The summed E-state index contributed by atoms with van der Waals surface area (Å²) in [6, 6.07) is 2.30. The van der Waals surface area contributed by atoms with Gasteiger partial charge in [-0.3, -0.25) is 0 Å². The third kappa shape index (κ3) is 3.36. The van der Waals surface area contributed by atoms with Crippen molar-refractivity contribution in [3.8, 4) is 6.07 Å². The molecule has 1 saturated carbocycles. The van der Waals surface area contributed by atoms with Crippen molar-refractivity contribution in [2.75, 3.05) is 20.1 Å². The van der Waals surface area contributed by atoms with Crippen LogP contribution >= 0.6 is 0 Å². The maximum absolute atomic E-state index is 8.67. The molecule has 1 rings (SSSR count). The standard InChI is InChI=1S/C11H20N2/c1-10(2)8-13(3)9-11(4-5-11)6-7-12/h10H,4-6,8-9H2,1-3H3. The van der Waals surface area contributed by atoms with E-state index < -0.39 is 0 Å². The predicted octanol–water partition coefficient (Wildman–Crippen LogP) is 2.27. The van der Waals surface area contributed by atoms with Crippen LogP contribution in [0.15, 0.2) is 0 Å². The van der Waals surface area contributed by atoms with Gasteiger partial charge in [-0.05, 0) is 31.2 Å². The summed E-state index contributed by atoms with van der Waals surface area (Å²) in [5.74, 6) is 0.725. The molecule has 0 aliphatic heterocycles. The summed E-state index contributed by atoms with van der Waals surface area (Å²) in [7, 11) is 2.16. The van der Waals surface area contributed by atoms with Crippen LogP contribution in [0.1, 0.15) is 33.1 Å². The van der Waals surface area contributed by atoms with Gasteiger partial charge >= 0.3 is 0 Å². The van der Waals surface area contributed by atoms with Crippen LogP contribution in [-0.2, 0) is 0 Å². The molecule has 1 fully saturated rings. The average Bonchev–Trinajstić information content (AvgIpc) is 2.67. The number of rotatable bonds is 5. The molecular weight excluding hydrogens is 160 g/mol. The molecule has 1 aliphatic rings. The van der Waals surface area contributed by atoms with Gasteiger partial charge in [-0.2, -0.15) is 5.26 Å². The highest BCUT2D eigenvalue weighted by atomic mass is 15.1. The van der Waals surface area contributed by atoms with E-state index in [0.717, 1.165) is 25.4 Å². The SMILES string of the molecule is CC(C)CN(C)CC1(CC#N)CC1. The molecule has 0 heterocycles. The lowest BCUT2D eigenvalue weighted by Crippen LogP contribution is -2.29. The second kappa shape index (κ2) is 4.11. The topological polar surface area (TPSA) is 27.0 Å². The van der Waals surface area contributed by atoms with Crippen molar-refractivity contribution in [1.29, 1.82) is 5.26 Å². The first kappa shape index (κ1) is 10.5. The summed E-state index contributed by atoms with van der Waals surface area (Å²) in [4.78, 5) is 2.37. The van der Waals surface area contributed by atoms with Gasteiger partial charge in [-0.25, -0.2) is 0 Å². The minimum absolute atomic E-state index is 0.373. The Hall–Kier alpha value is -0.550. The predicted molar refractivity (Wildman–Crippen MR) is 54.2 cm³/mol. The number of hydrogen-bond donors (Lipinski definition) is 0. The third-order valence-corrected chi connectivity index (χ3v) is 2.69. The molecule has 0 aromatic heterocycles. The van der Waals surface area contributed by atoms with Crippen LogP contribution in [0.4, 0.5) is 0 Å². The highest BCUT2D eigenvalue weighted by Crippen LogP contribution is 2.48. The molecule has 0 aromatic rings. The number of nitriles is 1. The molecule has 0 unspecified atom stereocenters. The highest BCUT2D eigenvalue weighted by Gasteiger charge is 2.42. The Labute approximate surface area is 81.5 Å². The minimum atomic E-state index is 0.373. The molecule has 0 saturated heterocycles. The Morgan fingerprint density at radius 1 is 1.46 bits per heavy atom. The Morgan fingerprint density at radius 3 is 2.46 bits per heavy atom. The first-order valence-corrected chi connectivity index (χ1v) is 5.13. The molecule has 1 aliphatic carbocycles. The fourth-order valence-electron chi connectivity index (χ4n) is 2.00. The summed E-state index contributed by atoms with van der Waals surface area (Å²) in [6.45, 7) is 6.73. The molecule has 13 heavy (non-hydrogen) atoms. The lowest BCUT2D eigenvalue weighted by Gasteiger charge is -2.23. The van der Waals surface area contributed by atoms with Crippen molar-refractivity contribution >= 4 is 0 Å². The maximum atomic E-state index is 8.67. The molecule has 74 valence electrons. The third-order valence-electron chi connectivity index (χ3n) is 2.69. The average molecular weight is 180 g/mol. The van der Waals surface area contributed by atoms with E-state index in [0.29, 0.717) is 5.41 Å². The molecule has 0 bridgehead atoms. The normalized spacial score (nSPS) is 19.1. The van der Waals surface area contributed by atoms with E-state index >= 15 is 0 Å². The van der Waals surface area contributed by atoms with Crippen LogP contribution in [-0.4, -0.2) is 25.0 Å². The molecule has 2 heteroatoms. The smallest absolute Gasteiger partial charge is 0.0628 e. The van der Waals surface area contributed by atoms with E-state index in [1.165, 1.54) is 12.8 Å². The van der Waals surface area contributed by atoms with Gasteiger partial charge in [-0.1, -0.05) is 13.8 Å². The van der Waals surface area contributed by atoms with Gasteiger partial charge in [0.15, 0.2) is 0 Å². The molecule has 0 aromatic carbocycles. The summed E-state index contributed by atoms with van der Waals surface area (Å²) >= 11 is 0. The van der Waals surface area contributed by atoms with Gasteiger partial charge in [0.05, 0.1) is 6.07 Å². The zero-order valence-electron chi connectivity index (χ0n) is 9.01. The molecule has 0 atom stereocenters. The zero-order valence-corrected chi connectivity index (χ0v) is 9.01. The lowest BCUT2D eigenvalue weighted by molar-refractivity contribution is 0.240. The Bertz CT molecular complexity index is 199. The fourth-order valence-corrected chi connectivity index (χ4v) is 2.00. The van der Waals surface area contributed by atoms with Crippen LogP contribution in [0, 0.1) is 22.7 Å². The molecule has 0 spiro atoms. The first-order chi connectivity index (χ1) is 6.08. The number of nitrogens with zero attached hydrogens (tertiary/aromatic N) is 2. The summed E-state index contributed by atoms with van der Waals surface area (Å²) in [5.41, 5.74) is 0.373. The van der Waals surface area contributed by atoms with Crippen LogP contribution in [0.25, 0.3) is 0 Å². The lowest BCUT2D eigenvalue weighted by atomic mass is 10.0. The van der Waals surface area contributed by atoms with Gasteiger partial charge in [0, 0.05) is 19.5 Å². The van der Waals surface area contributed by atoms with Gasteiger partial charge < -0.3 is 4.90 Å². The Kier molecular flexibility index (Phi) is 3.33. The Balaban J connectivity index is 2.28. The van der Waals surface area contributed by atoms with Crippen LogP contribution in [0.3, 0.4) is 0 Å². The fraction of sp³-hybridized carbons (Fsp3) is 0.909. The zero-order chi connectivity index (χ0) is 9.90. The van der Waals surface area contributed by atoms with E-state index in [1.54, 1.807) is 0 Å². The molecular formula is C11H20N2. The van der Waals surface area contributed by atoms with Crippen molar-refractivity contribution in [1.82, 2.24) is 4.90 Å². The van der Waals surface area contributed by atoms with Gasteiger partial charge in [0.2, 0.25) is 0 Å². The molecule has 2 nitrogen and oxygen atoms in total. The second-order valence-electron chi connectivity index (χ2n) is 4.93. The van der Waals surface area contributed by atoms with Gasteiger partial charge in [0.25, 0.3) is 0 Å². The van der Waals surface area contributed by atoms with Crippen LogP contribution in [0.5, 0.6) is 0 Å². The van der Waals surface area contributed by atoms with E-state index in [1.807, 2.05) is 0 Å². The Morgan fingerprint density at radius 2 is 2.08 bits per heavy atom. The number of hydrogen-bond acceptors (Lipinski definition) is 2. The summed E-state index contributed by atoms with van der Waals surface area (Å²) in [5, 5.41) is 8.67. The highest BCUT2D eigenvalue weighted by molar-refractivity contribution is 5.00. The maximum Gasteiger partial charge on any atom is 0.0628 e. The van der Waals surface area contributed by atoms with Crippen molar-refractivity contribution in [2.45, 2.75) is 33.1 Å². The first-order valence-electron chi connectivity index (χ1n) is 5.13. The summed E-state index contributed by atoms with van der Waals surface area (Å²) in [6.07, 6.45) is 3.25. The largest absolute Gasteiger partial charge is 0.306 e. The molecule has 0 radical (unpaired) electrons. The monoisotopic (exact) mass is 180 g/mol. The molecule has 0 amide bonds. The molecule has 0 N–H and O–H groups in total. The quantitative estimate of drug-likeness (QED) is 0.649. The van der Waals surface area contributed by atoms with Crippen molar-refractivity contribution in [3.05, 3.63) is 0 Å².